The Labute approximate surface area is 261 Å². The van der Waals surface area contributed by atoms with Gasteiger partial charge in [0.25, 0.3) is 5.91 Å². The molecule has 7 nitrogen and oxygen atoms in total. The number of hydrogen-bond acceptors (Lipinski definition) is 6. The molecular formula is C34H33Cl2N3O4. The number of nitrogens with one attached hydrogen (secondary N) is 1. The number of benzene rings is 4. The molecule has 9 heteroatoms. The molecule has 1 saturated heterocycles. The van der Waals surface area contributed by atoms with Crippen LogP contribution in [0.25, 0.3) is 11.1 Å². The SMILES string of the molecule is Cc1cc(/C=N\NC(=O)c2ccc(O)c(Cl)c2)cc(-c2ccccc2)c1OCCN1CCC(O)(c2ccc(Cl)cc2)CC1. The average molecular weight is 619 g/mol. The third-order valence-electron chi connectivity index (χ3n) is 7.69. The summed E-state index contributed by atoms with van der Waals surface area (Å²) in [6.45, 7) is 4.76. The van der Waals surface area contributed by atoms with Gasteiger partial charge in [0.15, 0.2) is 0 Å². The van der Waals surface area contributed by atoms with Gasteiger partial charge in [0.2, 0.25) is 0 Å². The number of rotatable bonds is 9. The van der Waals surface area contributed by atoms with Crippen LogP contribution in [0, 0.1) is 6.92 Å². The molecule has 222 valence electrons. The average Bonchev–Trinajstić information content (AvgIpc) is 3.01. The number of nitrogens with zero attached hydrogens (tertiary/aromatic N) is 2. The molecule has 0 unspecified atom stereocenters. The standard InChI is InChI=1S/C34H33Cl2N3O4/c1-23-19-24(22-37-38-33(41)26-7-12-31(40)30(36)21-26)20-29(25-5-3-2-4-6-25)32(23)43-18-17-39-15-13-34(42,14-16-39)27-8-10-28(35)11-9-27/h2-12,19-22,40,42H,13-18H2,1H3,(H,38,41)/b37-22-. The summed E-state index contributed by atoms with van der Waals surface area (Å²) in [5.41, 5.74) is 6.52. The number of phenolic OH excluding ortho intramolecular Hbond substituents is 1. The highest BCUT2D eigenvalue weighted by Crippen LogP contribution is 2.35. The molecule has 0 aromatic heterocycles. The molecule has 0 saturated carbocycles. The first kappa shape index (κ1) is 30.6. The maximum atomic E-state index is 12.5. The number of aromatic hydroxyl groups is 1. The molecule has 4 aromatic rings. The number of phenols is 1. The second-order valence-electron chi connectivity index (χ2n) is 10.7. The molecule has 0 spiro atoms. The van der Waals surface area contributed by atoms with Crippen molar-refractivity contribution in [2.24, 2.45) is 5.10 Å². The molecule has 1 aliphatic rings. The lowest BCUT2D eigenvalue weighted by Crippen LogP contribution is -2.43. The van der Waals surface area contributed by atoms with Gasteiger partial charge in [-0.25, -0.2) is 5.43 Å². The van der Waals surface area contributed by atoms with Crippen molar-refractivity contribution in [1.82, 2.24) is 10.3 Å². The van der Waals surface area contributed by atoms with E-state index in [2.05, 4.69) is 15.4 Å². The Hall–Kier alpha value is -3.88. The minimum Gasteiger partial charge on any atom is -0.506 e. The fourth-order valence-corrected chi connectivity index (χ4v) is 5.56. The van der Waals surface area contributed by atoms with Crippen molar-refractivity contribution in [3.8, 4) is 22.6 Å². The molecule has 0 atom stereocenters. The molecule has 1 amide bonds. The smallest absolute Gasteiger partial charge is 0.271 e. The molecule has 0 bridgehead atoms. The van der Waals surface area contributed by atoms with E-state index >= 15 is 0 Å². The minimum absolute atomic E-state index is 0.0924. The normalized spacial score (nSPS) is 15.0. The van der Waals surface area contributed by atoms with E-state index in [-0.39, 0.29) is 16.3 Å². The van der Waals surface area contributed by atoms with Gasteiger partial charge in [-0.2, -0.15) is 5.10 Å². The van der Waals surface area contributed by atoms with Crippen LogP contribution in [0.2, 0.25) is 10.0 Å². The lowest BCUT2D eigenvalue weighted by Gasteiger charge is -2.38. The van der Waals surface area contributed by atoms with Gasteiger partial charge in [-0.1, -0.05) is 65.7 Å². The van der Waals surface area contributed by atoms with Crippen molar-refractivity contribution in [2.45, 2.75) is 25.4 Å². The molecule has 0 aliphatic carbocycles. The van der Waals surface area contributed by atoms with Gasteiger partial charge < -0.3 is 14.9 Å². The van der Waals surface area contributed by atoms with Crippen molar-refractivity contribution in [2.75, 3.05) is 26.2 Å². The zero-order valence-corrected chi connectivity index (χ0v) is 25.3. The summed E-state index contributed by atoms with van der Waals surface area (Å²) in [6, 6.07) is 25.6. The summed E-state index contributed by atoms with van der Waals surface area (Å²) < 4.78 is 6.39. The summed E-state index contributed by atoms with van der Waals surface area (Å²) >= 11 is 11.9. The van der Waals surface area contributed by atoms with Crippen LogP contribution in [0.1, 0.15) is 39.9 Å². The first-order valence-electron chi connectivity index (χ1n) is 14.1. The summed E-state index contributed by atoms with van der Waals surface area (Å²) in [5, 5.41) is 25.7. The van der Waals surface area contributed by atoms with Crippen LogP contribution < -0.4 is 10.2 Å². The number of aliphatic hydroxyl groups is 1. The molecule has 5 rings (SSSR count). The fraction of sp³-hybridized carbons (Fsp3) is 0.235. The molecule has 0 radical (unpaired) electrons. The van der Waals surface area contributed by atoms with Crippen molar-refractivity contribution in [1.29, 1.82) is 0 Å². The Morgan fingerprint density at radius 2 is 1.74 bits per heavy atom. The van der Waals surface area contributed by atoms with Crippen molar-refractivity contribution >= 4 is 35.3 Å². The van der Waals surface area contributed by atoms with E-state index in [9.17, 15) is 15.0 Å². The van der Waals surface area contributed by atoms with Crippen LogP contribution in [0.15, 0.2) is 90.0 Å². The third-order valence-corrected chi connectivity index (χ3v) is 8.24. The van der Waals surface area contributed by atoms with Crippen LogP contribution in [0.5, 0.6) is 11.5 Å². The van der Waals surface area contributed by atoms with Crippen LogP contribution in [0.3, 0.4) is 0 Å². The highest BCUT2D eigenvalue weighted by atomic mass is 35.5. The Kier molecular flexibility index (Phi) is 9.68. The van der Waals surface area contributed by atoms with Gasteiger partial charge in [-0.05, 0) is 84.5 Å². The highest BCUT2D eigenvalue weighted by molar-refractivity contribution is 6.32. The monoisotopic (exact) mass is 617 g/mol. The quantitative estimate of drug-likeness (QED) is 0.142. The zero-order chi connectivity index (χ0) is 30.4. The summed E-state index contributed by atoms with van der Waals surface area (Å²) in [5.74, 6) is 0.258. The first-order chi connectivity index (χ1) is 20.7. The maximum Gasteiger partial charge on any atom is 0.271 e. The lowest BCUT2D eigenvalue weighted by atomic mass is 9.84. The number of amides is 1. The van der Waals surface area contributed by atoms with Gasteiger partial charge in [0.05, 0.1) is 16.8 Å². The van der Waals surface area contributed by atoms with Crippen molar-refractivity contribution in [3.63, 3.8) is 0 Å². The van der Waals surface area contributed by atoms with Crippen LogP contribution in [-0.2, 0) is 5.60 Å². The molecule has 43 heavy (non-hydrogen) atoms. The Balaban J connectivity index is 1.24. The van der Waals surface area contributed by atoms with Gasteiger partial charge in [-0.15, -0.1) is 0 Å². The van der Waals surface area contributed by atoms with Crippen LogP contribution >= 0.6 is 23.2 Å². The summed E-state index contributed by atoms with van der Waals surface area (Å²) in [4.78, 5) is 14.8. The number of carbonyl (C=O) groups excluding carboxylic acids is 1. The largest absolute Gasteiger partial charge is 0.506 e. The Bertz CT molecular complexity index is 1600. The summed E-state index contributed by atoms with van der Waals surface area (Å²) in [6.07, 6.45) is 2.87. The molecular weight excluding hydrogens is 585 g/mol. The Morgan fingerprint density at radius 3 is 2.44 bits per heavy atom. The van der Waals surface area contributed by atoms with Crippen molar-refractivity contribution in [3.05, 3.63) is 117 Å². The van der Waals surface area contributed by atoms with E-state index in [1.165, 1.54) is 18.2 Å². The number of piperidine rings is 1. The van der Waals surface area contributed by atoms with Gasteiger partial charge in [0, 0.05) is 35.8 Å². The van der Waals surface area contributed by atoms with Gasteiger partial charge in [-0.3, -0.25) is 9.69 Å². The number of ether oxygens (including phenoxy) is 1. The topological polar surface area (TPSA) is 94.4 Å². The molecule has 1 heterocycles. The van der Waals surface area contributed by atoms with E-state index in [1.54, 1.807) is 6.21 Å². The van der Waals surface area contributed by atoms with E-state index in [0.717, 1.165) is 53.2 Å². The van der Waals surface area contributed by atoms with Crippen LogP contribution in [-0.4, -0.2) is 53.5 Å². The number of aryl methyl sites for hydroxylation is 1. The third kappa shape index (κ3) is 7.56. The summed E-state index contributed by atoms with van der Waals surface area (Å²) in [7, 11) is 0. The molecule has 1 aliphatic heterocycles. The van der Waals surface area contributed by atoms with Gasteiger partial charge >= 0.3 is 0 Å². The van der Waals surface area contributed by atoms with Crippen molar-refractivity contribution < 1.29 is 19.7 Å². The second-order valence-corrected chi connectivity index (χ2v) is 11.5. The van der Waals surface area contributed by atoms with E-state index in [4.69, 9.17) is 27.9 Å². The molecule has 3 N–H and O–H groups in total. The molecule has 1 fully saturated rings. The molecule has 4 aromatic carbocycles. The number of likely N-dealkylation sites (tertiary alicyclic amines) is 1. The minimum atomic E-state index is -0.840. The first-order valence-corrected chi connectivity index (χ1v) is 14.8. The number of hydrogen-bond donors (Lipinski definition) is 3. The fourth-order valence-electron chi connectivity index (χ4n) is 5.25. The van der Waals surface area contributed by atoms with E-state index < -0.39 is 11.5 Å². The van der Waals surface area contributed by atoms with Crippen LogP contribution in [0.4, 0.5) is 0 Å². The Morgan fingerprint density at radius 1 is 1.02 bits per heavy atom. The zero-order valence-electron chi connectivity index (χ0n) is 23.8. The van der Waals surface area contributed by atoms with Gasteiger partial charge in [0.1, 0.15) is 18.1 Å². The second kappa shape index (κ2) is 13.6. The predicted molar refractivity (Wildman–Crippen MR) is 171 cm³/mol. The maximum absolute atomic E-state index is 12.5. The predicted octanol–water partition coefficient (Wildman–Crippen LogP) is 6.80. The van der Waals surface area contributed by atoms with E-state index in [0.29, 0.717) is 24.5 Å². The highest BCUT2D eigenvalue weighted by Gasteiger charge is 2.33. The van der Waals surface area contributed by atoms with E-state index in [1.807, 2.05) is 73.7 Å². The number of carbonyl (C=O) groups is 1. The number of hydrazone groups is 1. The lowest BCUT2D eigenvalue weighted by molar-refractivity contribution is -0.0278. The number of halogens is 2.